The first-order valence-corrected chi connectivity index (χ1v) is 6.93. The Balaban J connectivity index is 1.82. The van der Waals surface area contributed by atoms with Gasteiger partial charge in [0, 0.05) is 17.1 Å². The molecule has 1 amide bonds. The molecule has 0 unspecified atom stereocenters. The third-order valence-electron chi connectivity index (χ3n) is 3.34. The largest absolute Gasteiger partial charge is 0.393 e. The van der Waals surface area contributed by atoms with E-state index in [2.05, 4.69) is 5.32 Å². The van der Waals surface area contributed by atoms with Crippen LogP contribution < -0.4 is 5.32 Å². The summed E-state index contributed by atoms with van der Waals surface area (Å²) < 4.78 is 0. The second-order valence-corrected chi connectivity index (χ2v) is 5.34. The van der Waals surface area contributed by atoms with E-state index >= 15 is 0 Å². The minimum atomic E-state index is -0.197. The maximum absolute atomic E-state index is 11.7. The lowest BCUT2D eigenvalue weighted by molar-refractivity contribution is -0.117. The van der Waals surface area contributed by atoms with Crippen LogP contribution in [-0.4, -0.2) is 23.2 Å². The van der Waals surface area contributed by atoms with Crippen molar-refractivity contribution < 1.29 is 9.90 Å². The summed E-state index contributed by atoms with van der Waals surface area (Å²) in [6.07, 6.45) is 6.34. The molecule has 1 aliphatic carbocycles. The van der Waals surface area contributed by atoms with E-state index in [0.717, 1.165) is 31.2 Å². The van der Waals surface area contributed by atoms with Crippen LogP contribution in [0.3, 0.4) is 0 Å². The second kappa shape index (κ2) is 6.73. The fraction of sp³-hybridized carbons (Fsp3) is 0.400. The Morgan fingerprint density at radius 3 is 2.47 bits per heavy atom. The van der Waals surface area contributed by atoms with Gasteiger partial charge in [0.15, 0.2) is 0 Å². The van der Waals surface area contributed by atoms with Gasteiger partial charge in [0.25, 0.3) is 0 Å². The Morgan fingerprint density at radius 1 is 1.21 bits per heavy atom. The van der Waals surface area contributed by atoms with Crippen molar-refractivity contribution in [2.45, 2.75) is 37.8 Å². The summed E-state index contributed by atoms with van der Waals surface area (Å²) in [6, 6.07) is 7.50. The molecule has 0 saturated heterocycles. The normalized spacial score (nSPS) is 23.5. The highest BCUT2D eigenvalue weighted by atomic mass is 35.5. The van der Waals surface area contributed by atoms with Crippen LogP contribution >= 0.6 is 11.6 Å². The number of hydrogen-bond acceptors (Lipinski definition) is 2. The molecule has 19 heavy (non-hydrogen) atoms. The summed E-state index contributed by atoms with van der Waals surface area (Å²) in [7, 11) is 0. The van der Waals surface area contributed by atoms with E-state index in [0.29, 0.717) is 5.02 Å². The number of aliphatic hydroxyl groups is 1. The van der Waals surface area contributed by atoms with Crippen LogP contribution in [0.5, 0.6) is 0 Å². The minimum Gasteiger partial charge on any atom is -0.393 e. The van der Waals surface area contributed by atoms with Gasteiger partial charge < -0.3 is 10.4 Å². The Labute approximate surface area is 118 Å². The molecule has 0 aromatic heterocycles. The highest BCUT2D eigenvalue weighted by Crippen LogP contribution is 2.18. The quantitative estimate of drug-likeness (QED) is 0.836. The van der Waals surface area contributed by atoms with E-state index in [1.165, 1.54) is 6.08 Å². The third-order valence-corrected chi connectivity index (χ3v) is 3.59. The number of halogens is 1. The molecular weight excluding hydrogens is 262 g/mol. The van der Waals surface area contributed by atoms with Gasteiger partial charge in [-0.15, -0.1) is 0 Å². The van der Waals surface area contributed by atoms with Gasteiger partial charge in [-0.2, -0.15) is 0 Å². The zero-order chi connectivity index (χ0) is 13.7. The first kappa shape index (κ1) is 14.1. The summed E-state index contributed by atoms with van der Waals surface area (Å²) in [5.41, 5.74) is 0.943. The number of carbonyl (C=O) groups is 1. The first-order chi connectivity index (χ1) is 9.13. The summed E-state index contributed by atoms with van der Waals surface area (Å²) in [4.78, 5) is 11.7. The van der Waals surface area contributed by atoms with Crippen molar-refractivity contribution in [3.05, 3.63) is 40.9 Å². The van der Waals surface area contributed by atoms with E-state index in [9.17, 15) is 9.90 Å². The molecule has 1 fully saturated rings. The molecule has 0 atom stereocenters. The molecular formula is C15H18ClNO2. The molecule has 0 bridgehead atoms. The van der Waals surface area contributed by atoms with Crippen molar-refractivity contribution in [3.63, 3.8) is 0 Å². The zero-order valence-electron chi connectivity index (χ0n) is 10.7. The first-order valence-electron chi connectivity index (χ1n) is 6.56. The van der Waals surface area contributed by atoms with Crippen LogP contribution in [0, 0.1) is 0 Å². The van der Waals surface area contributed by atoms with E-state index in [1.54, 1.807) is 18.2 Å². The lowest BCUT2D eigenvalue weighted by Crippen LogP contribution is -2.37. The van der Waals surface area contributed by atoms with Gasteiger partial charge in [-0.25, -0.2) is 0 Å². The van der Waals surface area contributed by atoms with Crippen molar-refractivity contribution in [3.8, 4) is 0 Å². The van der Waals surface area contributed by atoms with Gasteiger partial charge in [-0.3, -0.25) is 4.79 Å². The molecule has 4 heteroatoms. The summed E-state index contributed by atoms with van der Waals surface area (Å²) in [6.45, 7) is 0. The molecule has 1 aromatic rings. The molecule has 0 spiro atoms. The molecule has 1 aromatic carbocycles. The molecule has 0 heterocycles. The fourth-order valence-electron chi connectivity index (χ4n) is 2.22. The lowest BCUT2D eigenvalue weighted by Gasteiger charge is -2.25. The number of nitrogens with one attached hydrogen (secondary N) is 1. The number of aliphatic hydroxyl groups excluding tert-OH is 1. The van der Waals surface area contributed by atoms with Crippen molar-refractivity contribution in [2.24, 2.45) is 0 Å². The summed E-state index contributed by atoms with van der Waals surface area (Å²) in [5.74, 6) is -0.0867. The molecule has 1 aliphatic rings. The highest BCUT2D eigenvalue weighted by Gasteiger charge is 2.19. The number of carbonyl (C=O) groups excluding carboxylic acids is 1. The van der Waals surface area contributed by atoms with Gasteiger partial charge >= 0.3 is 0 Å². The minimum absolute atomic E-state index is 0.0867. The molecule has 0 radical (unpaired) electrons. The van der Waals surface area contributed by atoms with E-state index in [-0.39, 0.29) is 18.1 Å². The monoisotopic (exact) mass is 279 g/mol. The molecule has 102 valence electrons. The SMILES string of the molecule is O=C(/C=C/c1ccc(Cl)cc1)NC1CCC(O)CC1. The van der Waals surface area contributed by atoms with Crippen molar-refractivity contribution in [1.82, 2.24) is 5.32 Å². The van der Waals surface area contributed by atoms with E-state index in [4.69, 9.17) is 11.6 Å². The number of hydrogen-bond donors (Lipinski definition) is 2. The fourth-order valence-corrected chi connectivity index (χ4v) is 2.34. The molecule has 3 nitrogen and oxygen atoms in total. The Hall–Kier alpha value is -1.32. The Kier molecular flexibility index (Phi) is 5.00. The third kappa shape index (κ3) is 4.69. The Morgan fingerprint density at radius 2 is 1.84 bits per heavy atom. The van der Waals surface area contributed by atoms with Crippen LogP contribution in [0.15, 0.2) is 30.3 Å². The van der Waals surface area contributed by atoms with Crippen LogP contribution in [0.4, 0.5) is 0 Å². The van der Waals surface area contributed by atoms with Crippen LogP contribution in [-0.2, 0) is 4.79 Å². The zero-order valence-corrected chi connectivity index (χ0v) is 11.4. The predicted molar refractivity (Wildman–Crippen MR) is 76.9 cm³/mol. The number of amides is 1. The maximum Gasteiger partial charge on any atom is 0.244 e. The van der Waals surface area contributed by atoms with Crippen molar-refractivity contribution in [1.29, 1.82) is 0 Å². The second-order valence-electron chi connectivity index (χ2n) is 4.90. The van der Waals surface area contributed by atoms with Gasteiger partial charge in [-0.1, -0.05) is 23.7 Å². The maximum atomic E-state index is 11.7. The Bertz CT molecular complexity index is 448. The van der Waals surface area contributed by atoms with Crippen LogP contribution in [0.1, 0.15) is 31.2 Å². The van der Waals surface area contributed by atoms with E-state index in [1.807, 2.05) is 12.1 Å². The lowest BCUT2D eigenvalue weighted by atomic mass is 9.93. The molecule has 2 rings (SSSR count). The van der Waals surface area contributed by atoms with Crippen LogP contribution in [0.25, 0.3) is 6.08 Å². The van der Waals surface area contributed by atoms with Gasteiger partial charge in [0.2, 0.25) is 5.91 Å². The van der Waals surface area contributed by atoms with Gasteiger partial charge in [0.1, 0.15) is 0 Å². The molecule has 0 aliphatic heterocycles. The smallest absolute Gasteiger partial charge is 0.244 e. The summed E-state index contributed by atoms with van der Waals surface area (Å²) in [5, 5.41) is 13.0. The molecule has 1 saturated carbocycles. The van der Waals surface area contributed by atoms with Crippen LogP contribution in [0.2, 0.25) is 5.02 Å². The highest BCUT2D eigenvalue weighted by molar-refractivity contribution is 6.30. The van der Waals surface area contributed by atoms with Crippen molar-refractivity contribution in [2.75, 3.05) is 0 Å². The van der Waals surface area contributed by atoms with Gasteiger partial charge in [-0.05, 0) is 49.5 Å². The standard InChI is InChI=1S/C15H18ClNO2/c16-12-4-1-11(2-5-12)3-10-15(19)17-13-6-8-14(18)9-7-13/h1-5,10,13-14,18H,6-9H2,(H,17,19)/b10-3+. The number of benzene rings is 1. The van der Waals surface area contributed by atoms with Gasteiger partial charge in [0.05, 0.1) is 6.10 Å². The average molecular weight is 280 g/mol. The van der Waals surface area contributed by atoms with E-state index < -0.39 is 0 Å². The molecule has 2 N–H and O–H groups in total. The summed E-state index contributed by atoms with van der Waals surface area (Å²) >= 11 is 5.79. The predicted octanol–water partition coefficient (Wildman–Crippen LogP) is 2.77. The number of rotatable bonds is 3. The topological polar surface area (TPSA) is 49.3 Å². The van der Waals surface area contributed by atoms with Crippen molar-refractivity contribution >= 4 is 23.6 Å². The average Bonchev–Trinajstić information content (AvgIpc) is 2.41.